The Labute approximate surface area is 36.6 Å². The van der Waals surface area contributed by atoms with E-state index in [4.69, 9.17) is 16.7 Å². The SMILES string of the molecule is CC[C@@H](O)Cl. The van der Waals surface area contributed by atoms with E-state index >= 15 is 0 Å². The molecule has 0 saturated carbocycles. The fraction of sp³-hybridized carbons (Fsp3) is 1.00. The molecule has 0 aromatic carbocycles. The predicted molar refractivity (Wildman–Crippen MR) is 22.2 cm³/mol. The van der Waals surface area contributed by atoms with Crippen LogP contribution in [0.15, 0.2) is 0 Å². The number of alkyl halides is 1. The van der Waals surface area contributed by atoms with Gasteiger partial charge in [0, 0.05) is 0 Å². The van der Waals surface area contributed by atoms with Gasteiger partial charge >= 0.3 is 0 Å². The summed E-state index contributed by atoms with van der Waals surface area (Å²) in [5.41, 5.74) is -0.644. The van der Waals surface area contributed by atoms with Crippen LogP contribution in [0.2, 0.25) is 0 Å². The Hall–Kier alpha value is 0.250. The van der Waals surface area contributed by atoms with Gasteiger partial charge in [-0.15, -0.1) is 0 Å². The van der Waals surface area contributed by atoms with Crippen LogP contribution in [-0.4, -0.2) is 10.7 Å². The molecule has 0 bridgehead atoms. The van der Waals surface area contributed by atoms with E-state index in [2.05, 4.69) is 0 Å². The van der Waals surface area contributed by atoms with Gasteiger partial charge in [-0.1, -0.05) is 18.5 Å². The minimum absolute atomic E-state index is 0.627. The van der Waals surface area contributed by atoms with Gasteiger partial charge in [0.1, 0.15) is 5.56 Å². The number of hydrogen-bond donors (Lipinski definition) is 1. The van der Waals surface area contributed by atoms with Gasteiger partial charge in [0.2, 0.25) is 0 Å². The first-order valence-corrected chi connectivity index (χ1v) is 2.03. The smallest absolute Gasteiger partial charge is 0.127 e. The van der Waals surface area contributed by atoms with Gasteiger partial charge in [-0.3, -0.25) is 0 Å². The Morgan fingerprint density at radius 2 is 2.20 bits per heavy atom. The Kier molecular flexibility index (Phi) is 2.61. The van der Waals surface area contributed by atoms with E-state index in [-0.39, 0.29) is 0 Å². The molecule has 2 heteroatoms. The lowest BCUT2D eigenvalue weighted by molar-refractivity contribution is 0.252. The van der Waals surface area contributed by atoms with Crippen LogP contribution in [0.5, 0.6) is 0 Å². The molecule has 32 valence electrons. The van der Waals surface area contributed by atoms with Crippen molar-refractivity contribution in [2.75, 3.05) is 0 Å². The molecule has 0 fully saturated rings. The molecule has 0 radical (unpaired) electrons. The van der Waals surface area contributed by atoms with Crippen molar-refractivity contribution in [3.8, 4) is 0 Å². The summed E-state index contributed by atoms with van der Waals surface area (Å²) in [4.78, 5) is 0. The molecule has 1 nitrogen and oxygen atoms in total. The third-order valence-corrected chi connectivity index (χ3v) is 0.645. The van der Waals surface area contributed by atoms with Crippen LogP contribution in [-0.2, 0) is 0 Å². The molecule has 0 heterocycles. The third-order valence-electron chi connectivity index (χ3n) is 0.337. The van der Waals surface area contributed by atoms with Crippen LogP contribution in [0.25, 0.3) is 0 Å². The summed E-state index contributed by atoms with van der Waals surface area (Å²) in [7, 11) is 0. The number of halogens is 1. The minimum atomic E-state index is -0.644. The maximum Gasteiger partial charge on any atom is 0.127 e. The van der Waals surface area contributed by atoms with Crippen molar-refractivity contribution in [3.05, 3.63) is 0 Å². The van der Waals surface area contributed by atoms with Crippen LogP contribution >= 0.6 is 11.6 Å². The van der Waals surface area contributed by atoms with Gasteiger partial charge in [0.05, 0.1) is 0 Å². The highest BCUT2D eigenvalue weighted by atomic mass is 35.5. The second-order valence-electron chi connectivity index (χ2n) is 0.843. The standard InChI is InChI=1S/C3H7ClO/c1-2-3(4)5/h3,5H,2H2,1H3/t3-/m1/s1. The fourth-order valence-electron chi connectivity index (χ4n) is 0. The first-order chi connectivity index (χ1) is 2.27. The Morgan fingerprint density at radius 1 is 2.00 bits per heavy atom. The summed E-state index contributed by atoms with van der Waals surface area (Å²) < 4.78 is 0. The molecule has 0 aromatic heterocycles. The number of hydrogen-bond acceptors (Lipinski definition) is 1. The maximum atomic E-state index is 8.13. The average molecular weight is 94.5 g/mol. The Morgan fingerprint density at radius 3 is 2.20 bits per heavy atom. The normalized spacial score (nSPS) is 15.0. The van der Waals surface area contributed by atoms with Crippen molar-refractivity contribution in [3.63, 3.8) is 0 Å². The Balaban J connectivity index is 2.54. The molecule has 0 aliphatic heterocycles. The van der Waals surface area contributed by atoms with E-state index in [1.807, 2.05) is 6.92 Å². The van der Waals surface area contributed by atoms with E-state index in [0.717, 1.165) is 0 Å². The molecule has 0 aromatic rings. The van der Waals surface area contributed by atoms with Gasteiger partial charge in [-0.05, 0) is 6.42 Å². The second-order valence-corrected chi connectivity index (χ2v) is 1.35. The van der Waals surface area contributed by atoms with Gasteiger partial charge in [-0.25, -0.2) is 0 Å². The summed E-state index contributed by atoms with van der Waals surface area (Å²) >= 11 is 5.02. The zero-order valence-electron chi connectivity index (χ0n) is 3.11. The van der Waals surface area contributed by atoms with Crippen molar-refractivity contribution in [2.24, 2.45) is 0 Å². The van der Waals surface area contributed by atoms with Crippen LogP contribution in [0.3, 0.4) is 0 Å². The topological polar surface area (TPSA) is 20.2 Å². The average Bonchev–Trinajstić information content (AvgIpc) is 1.38. The molecule has 1 atom stereocenters. The molecule has 0 aliphatic carbocycles. The van der Waals surface area contributed by atoms with E-state index < -0.39 is 5.56 Å². The minimum Gasteiger partial charge on any atom is -0.378 e. The number of aliphatic hydroxyl groups excluding tert-OH is 1. The molecule has 5 heavy (non-hydrogen) atoms. The summed E-state index contributed by atoms with van der Waals surface area (Å²) in [6.45, 7) is 1.82. The summed E-state index contributed by atoms with van der Waals surface area (Å²) in [6, 6.07) is 0. The predicted octanol–water partition coefficient (Wildman–Crippen LogP) is 0.954. The van der Waals surface area contributed by atoms with Crippen molar-refractivity contribution in [1.29, 1.82) is 0 Å². The lowest BCUT2D eigenvalue weighted by atomic mass is 10.5. The highest BCUT2D eigenvalue weighted by Crippen LogP contribution is 1.91. The monoisotopic (exact) mass is 94.0 g/mol. The zero-order valence-corrected chi connectivity index (χ0v) is 3.87. The summed E-state index contributed by atoms with van der Waals surface area (Å²) in [5.74, 6) is 0. The van der Waals surface area contributed by atoms with Gasteiger partial charge in [0.15, 0.2) is 0 Å². The van der Waals surface area contributed by atoms with Crippen LogP contribution in [0.4, 0.5) is 0 Å². The summed E-state index contributed by atoms with van der Waals surface area (Å²) in [6.07, 6.45) is 0.627. The van der Waals surface area contributed by atoms with Crippen molar-refractivity contribution >= 4 is 11.6 Å². The molecule has 0 amide bonds. The molecule has 0 saturated heterocycles. The molecule has 0 aliphatic rings. The van der Waals surface area contributed by atoms with Crippen molar-refractivity contribution in [2.45, 2.75) is 18.9 Å². The molecular formula is C3H7ClO. The molecular weight excluding hydrogens is 87.5 g/mol. The number of aliphatic hydroxyl groups is 1. The molecule has 1 N–H and O–H groups in total. The van der Waals surface area contributed by atoms with Crippen LogP contribution < -0.4 is 0 Å². The lowest BCUT2D eigenvalue weighted by Crippen LogP contribution is -1.88. The van der Waals surface area contributed by atoms with E-state index in [1.54, 1.807) is 0 Å². The number of rotatable bonds is 1. The highest BCUT2D eigenvalue weighted by molar-refractivity contribution is 6.19. The first kappa shape index (κ1) is 5.25. The summed E-state index contributed by atoms with van der Waals surface area (Å²) in [5, 5.41) is 8.13. The maximum absolute atomic E-state index is 8.13. The largest absolute Gasteiger partial charge is 0.378 e. The molecule has 0 rings (SSSR count). The lowest BCUT2D eigenvalue weighted by Gasteiger charge is -1.87. The second kappa shape index (κ2) is 2.49. The molecule has 0 unspecified atom stereocenters. The highest BCUT2D eigenvalue weighted by Gasteiger charge is 1.85. The van der Waals surface area contributed by atoms with Crippen molar-refractivity contribution in [1.82, 2.24) is 0 Å². The van der Waals surface area contributed by atoms with E-state index in [9.17, 15) is 0 Å². The first-order valence-electron chi connectivity index (χ1n) is 1.59. The van der Waals surface area contributed by atoms with Gasteiger partial charge in [0.25, 0.3) is 0 Å². The van der Waals surface area contributed by atoms with Gasteiger partial charge in [-0.2, -0.15) is 0 Å². The third kappa shape index (κ3) is 4.25. The van der Waals surface area contributed by atoms with E-state index in [0.29, 0.717) is 6.42 Å². The fourth-order valence-corrected chi connectivity index (χ4v) is 0. The van der Waals surface area contributed by atoms with Crippen molar-refractivity contribution < 1.29 is 5.11 Å². The molecule has 0 spiro atoms. The van der Waals surface area contributed by atoms with E-state index in [1.165, 1.54) is 0 Å². The quantitative estimate of drug-likeness (QED) is 0.480. The Bertz CT molecular complexity index is 20.9. The van der Waals surface area contributed by atoms with Gasteiger partial charge < -0.3 is 5.11 Å². The van der Waals surface area contributed by atoms with Crippen LogP contribution in [0, 0.1) is 0 Å². The van der Waals surface area contributed by atoms with Crippen LogP contribution in [0.1, 0.15) is 13.3 Å². The zero-order chi connectivity index (χ0) is 4.28.